The third kappa shape index (κ3) is 5.54. The van der Waals surface area contributed by atoms with E-state index in [1.54, 1.807) is 20.8 Å². The van der Waals surface area contributed by atoms with E-state index < -0.39 is 17.7 Å². The minimum Gasteiger partial charge on any atom is -0.545 e. The molecule has 0 aliphatic carbocycles. The molecule has 19 heavy (non-hydrogen) atoms. The first-order valence-corrected chi connectivity index (χ1v) is 5.21. The minimum absolute atomic E-state index is 0. The number of ether oxygens (including phenoxy) is 1. The Hall–Kier alpha value is -1.18. The summed E-state index contributed by atoms with van der Waals surface area (Å²) in [5, 5.41) is 10.5. The van der Waals surface area contributed by atoms with Crippen molar-refractivity contribution >= 4 is 18.0 Å². The fraction of sp³-hybridized carbons (Fsp3) is 0.455. The number of rotatable bonds is 2. The van der Waals surface area contributed by atoms with Crippen LogP contribution in [-0.2, 0) is 4.74 Å². The van der Waals surface area contributed by atoms with Crippen LogP contribution >= 0.6 is 0 Å². The fourth-order valence-corrected chi connectivity index (χ4v) is 1.01. The molecule has 0 spiro atoms. The van der Waals surface area contributed by atoms with E-state index in [1.165, 1.54) is 7.05 Å². The van der Waals surface area contributed by atoms with E-state index in [0.717, 1.165) is 17.3 Å². The van der Waals surface area contributed by atoms with E-state index in [1.807, 2.05) is 0 Å². The van der Waals surface area contributed by atoms with Gasteiger partial charge in [-0.25, -0.2) is 19.7 Å². The van der Waals surface area contributed by atoms with Crippen molar-refractivity contribution < 1.29 is 49.0 Å². The maximum Gasteiger partial charge on any atom is 1.00 e. The first-order valence-electron chi connectivity index (χ1n) is 5.21. The topological polar surface area (TPSA) is 95.5 Å². The zero-order valence-corrected chi connectivity index (χ0v) is 13.6. The molecule has 0 fully saturated rings. The van der Waals surface area contributed by atoms with Crippen LogP contribution < -0.4 is 39.6 Å². The molecule has 1 aromatic heterocycles. The summed E-state index contributed by atoms with van der Waals surface area (Å²) < 4.78 is 5.11. The summed E-state index contributed by atoms with van der Waals surface area (Å²) in [6.45, 7) is 5.20. The van der Waals surface area contributed by atoms with Crippen molar-refractivity contribution in [2.75, 3.05) is 11.9 Å². The summed E-state index contributed by atoms with van der Waals surface area (Å²) in [4.78, 5) is 30.8. The van der Waals surface area contributed by atoms with E-state index >= 15 is 0 Å². The zero-order valence-electron chi connectivity index (χ0n) is 11.6. The van der Waals surface area contributed by atoms with Crippen molar-refractivity contribution in [1.29, 1.82) is 0 Å². The van der Waals surface area contributed by atoms with Crippen molar-refractivity contribution in [2.24, 2.45) is 0 Å². The molecule has 0 aliphatic rings. The first kappa shape index (κ1) is 17.8. The zero-order chi connectivity index (χ0) is 13.9. The number of amides is 1. The first-order chi connectivity index (χ1) is 8.20. The van der Waals surface area contributed by atoms with Crippen molar-refractivity contribution in [2.45, 2.75) is 26.4 Å². The average molecular weight is 275 g/mol. The minimum atomic E-state index is -1.37. The Kier molecular flexibility index (Phi) is 6.41. The number of carboxylic acid groups (broad SMARTS) is 1. The Morgan fingerprint density at radius 2 is 1.74 bits per heavy atom. The summed E-state index contributed by atoms with van der Waals surface area (Å²) in [6, 6.07) is 0. The second kappa shape index (κ2) is 6.83. The van der Waals surface area contributed by atoms with Crippen LogP contribution in [-0.4, -0.2) is 34.7 Å². The van der Waals surface area contributed by atoms with Gasteiger partial charge in [-0.3, -0.25) is 0 Å². The normalized spacial score (nSPS) is 10.3. The smallest absolute Gasteiger partial charge is 0.545 e. The van der Waals surface area contributed by atoms with Crippen LogP contribution in [0.5, 0.6) is 0 Å². The predicted molar refractivity (Wildman–Crippen MR) is 61.0 cm³/mol. The Bertz CT molecular complexity index is 456. The number of anilines is 1. The number of nitrogens with zero attached hydrogens (tertiary/aromatic N) is 3. The molecule has 0 N–H and O–H groups in total. The molecule has 1 heterocycles. The summed E-state index contributed by atoms with van der Waals surface area (Å²) in [5.41, 5.74) is -0.785. The van der Waals surface area contributed by atoms with E-state index in [0.29, 0.717) is 0 Å². The van der Waals surface area contributed by atoms with E-state index in [-0.39, 0.29) is 41.1 Å². The van der Waals surface area contributed by atoms with Crippen LogP contribution in [0.4, 0.5) is 10.7 Å². The maximum atomic E-state index is 11.7. The van der Waals surface area contributed by atoms with Crippen LogP contribution in [0.2, 0.25) is 0 Å². The number of aromatic nitrogens is 2. The summed E-state index contributed by atoms with van der Waals surface area (Å²) >= 11 is 0. The van der Waals surface area contributed by atoms with Crippen LogP contribution in [0.1, 0.15) is 31.1 Å². The van der Waals surface area contributed by atoms with Crippen LogP contribution in [0.15, 0.2) is 12.4 Å². The Balaban J connectivity index is 0.00000324. The predicted octanol–water partition coefficient (Wildman–Crippen LogP) is -2.78. The average Bonchev–Trinajstić information content (AvgIpc) is 2.26. The van der Waals surface area contributed by atoms with Gasteiger partial charge in [0.2, 0.25) is 5.95 Å². The molecular weight excluding hydrogens is 261 g/mol. The van der Waals surface area contributed by atoms with Gasteiger partial charge < -0.3 is 14.6 Å². The maximum absolute atomic E-state index is 11.7. The monoisotopic (exact) mass is 275 g/mol. The largest absolute Gasteiger partial charge is 1.00 e. The Morgan fingerprint density at radius 1 is 1.26 bits per heavy atom. The standard InChI is InChI=1S/C11H15N3O4.Na/c1-11(2,3)18-10(17)14(4)9-12-5-7(6-13-9)8(15)16;/h5-6H,1-4H3,(H,15,16);/q;+1/p-1. The number of hydrogen-bond donors (Lipinski definition) is 0. The molecule has 0 aliphatic heterocycles. The molecule has 1 rings (SSSR count). The van der Waals surface area contributed by atoms with Gasteiger partial charge in [-0.1, -0.05) is 0 Å². The van der Waals surface area contributed by atoms with Gasteiger partial charge in [0.15, 0.2) is 0 Å². The Labute approximate surface area is 133 Å². The summed E-state index contributed by atoms with van der Waals surface area (Å²) in [5.74, 6) is -1.32. The second-order valence-corrected chi connectivity index (χ2v) is 4.60. The molecular formula is C11H14N3NaO4. The molecule has 8 heteroatoms. The van der Waals surface area contributed by atoms with E-state index in [2.05, 4.69) is 9.97 Å². The van der Waals surface area contributed by atoms with E-state index in [9.17, 15) is 14.7 Å². The van der Waals surface area contributed by atoms with Crippen LogP contribution in [0.25, 0.3) is 0 Å². The van der Waals surface area contributed by atoms with Gasteiger partial charge in [0, 0.05) is 25.0 Å². The summed E-state index contributed by atoms with van der Waals surface area (Å²) in [7, 11) is 1.43. The summed E-state index contributed by atoms with van der Waals surface area (Å²) in [6.07, 6.45) is 1.51. The van der Waals surface area contributed by atoms with Crippen molar-refractivity contribution in [1.82, 2.24) is 9.97 Å². The second-order valence-electron chi connectivity index (χ2n) is 4.60. The number of carbonyl (C=O) groups is 2. The Morgan fingerprint density at radius 3 is 2.11 bits per heavy atom. The molecule has 0 aromatic carbocycles. The molecule has 0 radical (unpaired) electrons. The van der Waals surface area contributed by atoms with Crippen LogP contribution in [0, 0.1) is 0 Å². The molecule has 7 nitrogen and oxygen atoms in total. The molecule has 0 saturated heterocycles. The van der Waals surface area contributed by atoms with E-state index in [4.69, 9.17) is 4.74 Å². The molecule has 0 saturated carbocycles. The van der Waals surface area contributed by atoms with Crippen molar-refractivity contribution in [3.63, 3.8) is 0 Å². The number of aromatic carboxylic acids is 1. The van der Waals surface area contributed by atoms with Crippen molar-refractivity contribution in [3.8, 4) is 0 Å². The van der Waals surface area contributed by atoms with Crippen molar-refractivity contribution in [3.05, 3.63) is 18.0 Å². The number of carboxylic acids is 1. The van der Waals surface area contributed by atoms with Gasteiger partial charge in [-0.15, -0.1) is 0 Å². The molecule has 0 atom stereocenters. The van der Waals surface area contributed by atoms with Gasteiger partial charge >= 0.3 is 35.7 Å². The molecule has 0 bridgehead atoms. The third-order valence-corrected chi connectivity index (χ3v) is 1.84. The fourth-order valence-electron chi connectivity index (χ4n) is 1.01. The molecule has 1 aromatic rings. The molecule has 98 valence electrons. The van der Waals surface area contributed by atoms with Gasteiger partial charge in [-0.05, 0) is 20.8 Å². The van der Waals surface area contributed by atoms with Crippen LogP contribution in [0.3, 0.4) is 0 Å². The van der Waals surface area contributed by atoms with Gasteiger partial charge in [-0.2, -0.15) is 0 Å². The van der Waals surface area contributed by atoms with Gasteiger partial charge in [0.05, 0.1) is 5.97 Å². The quantitative estimate of drug-likeness (QED) is 0.542. The third-order valence-electron chi connectivity index (χ3n) is 1.84. The molecule has 1 amide bonds. The van der Waals surface area contributed by atoms with Gasteiger partial charge in [0.25, 0.3) is 0 Å². The molecule has 0 unspecified atom stereocenters. The number of hydrogen-bond acceptors (Lipinski definition) is 6. The van der Waals surface area contributed by atoms with Gasteiger partial charge in [0.1, 0.15) is 5.60 Å². The SMILES string of the molecule is CN(C(=O)OC(C)(C)C)c1ncc(C(=O)[O-])cn1.[Na+]. The number of carbonyl (C=O) groups excluding carboxylic acids is 2.